The number of hydrogen-bond acceptors (Lipinski definition) is 2. The Bertz CT molecular complexity index is 436. The molecule has 0 radical (unpaired) electrons. The predicted molar refractivity (Wildman–Crippen MR) is 75.5 cm³/mol. The number of hydrogen-bond donors (Lipinski definition) is 0. The number of ether oxygens (including phenoxy) is 2. The van der Waals surface area contributed by atoms with Gasteiger partial charge in [0.2, 0.25) is 0 Å². The Morgan fingerprint density at radius 2 is 1.83 bits per heavy atom. The Hall–Kier alpha value is -0.700. The summed E-state index contributed by atoms with van der Waals surface area (Å²) in [4.78, 5) is 0.385. The first-order valence-electron chi connectivity index (χ1n) is 6.59. The van der Waals surface area contributed by atoms with Crippen molar-refractivity contribution < 1.29 is 9.47 Å². The molecule has 2 aliphatic carbocycles. The van der Waals surface area contributed by atoms with Crippen molar-refractivity contribution in [3.8, 4) is 11.5 Å². The van der Waals surface area contributed by atoms with Crippen LogP contribution in [-0.4, -0.2) is 14.2 Å². The lowest BCUT2D eigenvalue weighted by molar-refractivity contribution is 0.391. The van der Waals surface area contributed by atoms with Gasteiger partial charge in [-0.2, -0.15) is 0 Å². The van der Waals surface area contributed by atoms with Crippen LogP contribution >= 0.6 is 15.9 Å². The molecule has 0 aromatic heterocycles. The van der Waals surface area contributed by atoms with E-state index in [1.807, 2.05) is 12.1 Å². The van der Waals surface area contributed by atoms with Crippen LogP contribution in [0.15, 0.2) is 18.2 Å². The molecule has 0 aliphatic heterocycles. The molecule has 0 bridgehead atoms. The molecule has 3 unspecified atom stereocenters. The molecule has 0 heterocycles. The molecule has 3 rings (SSSR count). The van der Waals surface area contributed by atoms with Gasteiger partial charge in [0, 0.05) is 10.4 Å². The van der Waals surface area contributed by atoms with E-state index in [9.17, 15) is 0 Å². The molecule has 3 heteroatoms. The Morgan fingerprint density at radius 1 is 1.11 bits per heavy atom. The minimum absolute atomic E-state index is 0.385. The quantitative estimate of drug-likeness (QED) is 0.776. The number of benzene rings is 1. The van der Waals surface area contributed by atoms with Crippen molar-refractivity contribution >= 4 is 15.9 Å². The Kier molecular flexibility index (Phi) is 3.27. The molecular weight excluding hydrogens is 292 g/mol. The molecule has 98 valence electrons. The van der Waals surface area contributed by atoms with E-state index in [1.54, 1.807) is 14.2 Å². The zero-order chi connectivity index (χ0) is 12.7. The monoisotopic (exact) mass is 310 g/mol. The van der Waals surface area contributed by atoms with E-state index in [1.165, 1.54) is 24.8 Å². The average molecular weight is 311 g/mol. The van der Waals surface area contributed by atoms with E-state index in [2.05, 4.69) is 22.0 Å². The minimum Gasteiger partial charge on any atom is -0.497 e. The van der Waals surface area contributed by atoms with Gasteiger partial charge >= 0.3 is 0 Å². The van der Waals surface area contributed by atoms with Crippen molar-refractivity contribution in [2.75, 3.05) is 14.2 Å². The first kappa shape index (κ1) is 12.3. The van der Waals surface area contributed by atoms with Gasteiger partial charge in [0.05, 0.1) is 14.2 Å². The summed E-state index contributed by atoms with van der Waals surface area (Å²) in [5, 5.41) is 0. The summed E-state index contributed by atoms with van der Waals surface area (Å²) in [6.07, 6.45) is 4.19. The van der Waals surface area contributed by atoms with Crippen LogP contribution in [0.5, 0.6) is 11.5 Å². The number of methoxy groups -OCH3 is 2. The van der Waals surface area contributed by atoms with Gasteiger partial charge < -0.3 is 9.47 Å². The van der Waals surface area contributed by atoms with Crippen LogP contribution in [0.4, 0.5) is 0 Å². The molecule has 18 heavy (non-hydrogen) atoms. The van der Waals surface area contributed by atoms with Crippen molar-refractivity contribution in [3.05, 3.63) is 23.8 Å². The van der Waals surface area contributed by atoms with Crippen molar-refractivity contribution in [1.82, 2.24) is 0 Å². The number of rotatable bonds is 4. The molecule has 0 saturated heterocycles. The van der Waals surface area contributed by atoms with Gasteiger partial charge in [0.25, 0.3) is 0 Å². The summed E-state index contributed by atoms with van der Waals surface area (Å²) in [6.45, 7) is 0. The molecule has 2 aliphatic rings. The normalized spacial score (nSPS) is 30.7. The zero-order valence-corrected chi connectivity index (χ0v) is 12.4. The Morgan fingerprint density at radius 3 is 2.44 bits per heavy atom. The van der Waals surface area contributed by atoms with Gasteiger partial charge in [-0.05, 0) is 55.2 Å². The van der Waals surface area contributed by atoms with Gasteiger partial charge in [-0.3, -0.25) is 0 Å². The Labute approximate surface area is 117 Å². The predicted octanol–water partition coefficient (Wildman–Crippen LogP) is 4.19. The number of halogens is 1. The molecular formula is C15H19BrO2. The third-order valence-corrected chi connectivity index (χ3v) is 5.67. The highest BCUT2D eigenvalue weighted by Crippen LogP contribution is 2.59. The lowest BCUT2D eigenvalue weighted by atomic mass is 9.94. The molecule has 2 saturated carbocycles. The summed E-state index contributed by atoms with van der Waals surface area (Å²) >= 11 is 3.88. The van der Waals surface area contributed by atoms with E-state index in [-0.39, 0.29) is 0 Å². The van der Waals surface area contributed by atoms with E-state index in [0.717, 1.165) is 29.3 Å². The highest BCUT2D eigenvalue weighted by molar-refractivity contribution is 9.09. The third kappa shape index (κ3) is 2.13. The first-order chi connectivity index (χ1) is 8.72. The van der Waals surface area contributed by atoms with Gasteiger partial charge in [0.1, 0.15) is 11.5 Å². The molecule has 0 N–H and O–H groups in total. The van der Waals surface area contributed by atoms with Gasteiger partial charge in [-0.15, -0.1) is 0 Å². The van der Waals surface area contributed by atoms with Crippen LogP contribution in [0.3, 0.4) is 0 Å². The maximum Gasteiger partial charge on any atom is 0.123 e. The first-order valence-corrected chi connectivity index (χ1v) is 7.50. The van der Waals surface area contributed by atoms with Crippen LogP contribution in [-0.2, 0) is 0 Å². The average Bonchev–Trinajstić information content (AvgIpc) is 3.03. The van der Waals surface area contributed by atoms with Crippen LogP contribution in [0.1, 0.15) is 29.7 Å². The van der Waals surface area contributed by atoms with Crippen LogP contribution < -0.4 is 9.47 Å². The molecule has 1 aromatic rings. The summed E-state index contributed by atoms with van der Waals surface area (Å²) in [5.74, 6) is 4.62. The highest BCUT2D eigenvalue weighted by atomic mass is 79.9. The molecule has 1 aromatic carbocycles. The molecule has 0 spiro atoms. The van der Waals surface area contributed by atoms with Crippen LogP contribution in [0, 0.1) is 17.8 Å². The number of alkyl halides is 1. The zero-order valence-electron chi connectivity index (χ0n) is 10.9. The summed E-state index contributed by atoms with van der Waals surface area (Å²) in [6, 6.07) is 6.05. The van der Waals surface area contributed by atoms with Crippen molar-refractivity contribution in [2.24, 2.45) is 17.8 Å². The van der Waals surface area contributed by atoms with Gasteiger partial charge in [0.15, 0.2) is 0 Å². The fourth-order valence-electron chi connectivity index (χ4n) is 3.31. The van der Waals surface area contributed by atoms with E-state index < -0.39 is 0 Å². The van der Waals surface area contributed by atoms with Crippen LogP contribution in [0.25, 0.3) is 0 Å². The topological polar surface area (TPSA) is 18.5 Å². The van der Waals surface area contributed by atoms with Crippen molar-refractivity contribution in [3.63, 3.8) is 0 Å². The second kappa shape index (κ2) is 4.76. The van der Waals surface area contributed by atoms with E-state index in [4.69, 9.17) is 9.47 Å². The fraction of sp³-hybridized carbons (Fsp3) is 0.600. The van der Waals surface area contributed by atoms with E-state index >= 15 is 0 Å². The molecule has 0 amide bonds. The second-order valence-electron chi connectivity index (χ2n) is 5.50. The lowest BCUT2D eigenvalue weighted by Gasteiger charge is -2.22. The van der Waals surface area contributed by atoms with Gasteiger partial charge in [-0.1, -0.05) is 15.9 Å². The molecule has 2 fully saturated rings. The molecule has 3 atom stereocenters. The second-order valence-corrected chi connectivity index (χ2v) is 6.48. The molecule has 2 nitrogen and oxygen atoms in total. The summed E-state index contributed by atoms with van der Waals surface area (Å²) in [7, 11) is 3.44. The maximum atomic E-state index is 5.48. The van der Waals surface area contributed by atoms with Crippen LogP contribution in [0.2, 0.25) is 0 Å². The smallest absolute Gasteiger partial charge is 0.123 e. The number of fused-ring (bicyclic) bond motifs is 1. The lowest BCUT2D eigenvalue weighted by Crippen LogP contribution is -2.07. The van der Waals surface area contributed by atoms with Gasteiger partial charge in [-0.25, -0.2) is 0 Å². The van der Waals surface area contributed by atoms with Crippen molar-refractivity contribution in [2.45, 2.75) is 24.1 Å². The highest BCUT2D eigenvalue weighted by Gasteiger charge is 2.47. The largest absolute Gasteiger partial charge is 0.497 e. The summed E-state index contributed by atoms with van der Waals surface area (Å²) in [5.41, 5.74) is 1.23. The summed E-state index contributed by atoms with van der Waals surface area (Å²) < 4.78 is 10.8. The van der Waals surface area contributed by atoms with E-state index in [0.29, 0.717) is 4.83 Å². The minimum atomic E-state index is 0.385. The fourth-order valence-corrected chi connectivity index (χ4v) is 4.10. The standard InChI is InChI=1S/C15H19BrO2/c1-17-12-3-4-14(18-2)13(8-12)15(16)11-6-9-5-10(9)7-11/h3-4,8-11,15H,5-7H2,1-2H3. The SMILES string of the molecule is COc1ccc(OC)c(C(Br)C2CC3CC3C2)c1. The third-order valence-electron chi connectivity index (χ3n) is 4.43. The van der Waals surface area contributed by atoms with Crippen molar-refractivity contribution in [1.29, 1.82) is 0 Å². The maximum absolute atomic E-state index is 5.48. The Balaban J connectivity index is 1.84.